The second-order valence-electron chi connectivity index (χ2n) is 4.40. The van der Waals surface area contributed by atoms with E-state index in [1.807, 2.05) is 18.3 Å². The molecule has 1 aromatic heterocycles. The van der Waals surface area contributed by atoms with Gasteiger partial charge in [-0.15, -0.1) is 0 Å². The summed E-state index contributed by atoms with van der Waals surface area (Å²) in [6, 6.07) is 4.64. The van der Waals surface area contributed by atoms with Crippen LogP contribution < -0.4 is 5.32 Å². The van der Waals surface area contributed by atoms with Crippen LogP contribution in [0.2, 0.25) is 0 Å². The van der Waals surface area contributed by atoms with E-state index in [0.29, 0.717) is 6.04 Å². The Morgan fingerprint density at radius 1 is 1.29 bits per heavy atom. The van der Waals surface area contributed by atoms with E-state index in [2.05, 4.69) is 26.2 Å². The van der Waals surface area contributed by atoms with E-state index in [-0.39, 0.29) is 0 Å². The summed E-state index contributed by atoms with van der Waals surface area (Å²) < 4.78 is 1.07. The Labute approximate surface area is 92.2 Å². The molecule has 0 saturated heterocycles. The van der Waals surface area contributed by atoms with Gasteiger partial charge in [0.15, 0.2) is 0 Å². The Kier molecular flexibility index (Phi) is 2.01. The normalized spacial score (nSPS) is 33.9. The molecule has 0 aliphatic heterocycles. The van der Waals surface area contributed by atoms with Gasteiger partial charge in [-0.25, -0.2) is 4.98 Å². The number of nitrogens with zero attached hydrogens (tertiary/aromatic N) is 1. The molecule has 0 aromatic carbocycles. The molecule has 2 saturated carbocycles. The fourth-order valence-electron chi connectivity index (χ4n) is 2.52. The predicted octanol–water partition coefficient (Wildman–Crippen LogP) is 3.05. The zero-order valence-corrected chi connectivity index (χ0v) is 9.50. The second kappa shape index (κ2) is 3.23. The first kappa shape index (κ1) is 8.72. The lowest BCUT2D eigenvalue weighted by atomic mass is 10.1. The van der Waals surface area contributed by atoms with Crippen LogP contribution in [0.25, 0.3) is 0 Å². The van der Waals surface area contributed by atoms with Crippen molar-refractivity contribution in [3.63, 3.8) is 0 Å². The van der Waals surface area contributed by atoms with Gasteiger partial charge in [0.1, 0.15) is 5.82 Å². The summed E-state index contributed by atoms with van der Waals surface area (Å²) in [6.07, 6.45) is 5.99. The smallest absolute Gasteiger partial charge is 0.140 e. The summed E-state index contributed by atoms with van der Waals surface area (Å²) in [5.74, 6) is 3.05. The molecule has 0 bridgehead atoms. The molecule has 3 heteroatoms. The first-order chi connectivity index (χ1) is 6.83. The maximum absolute atomic E-state index is 4.32. The lowest BCUT2D eigenvalue weighted by molar-refractivity contribution is 0.648. The minimum atomic E-state index is 0.657. The SMILES string of the molecule is Brc1cccnc1NC1CC2CC2C1. The molecule has 0 amide bonds. The quantitative estimate of drug-likeness (QED) is 0.876. The fraction of sp³-hybridized carbons (Fsp3) is 0.545. The summed E-state index contributed by atoms with van der Waals surface area (Å²) in [4.78, 5) is 4.32. The van der Waals surface area contributed by atoms with Gasteiger partial charge in [0, 0.05) is 12.2 Å². The van der Waals surface area contributed by atoms with Crippen molar-refractivity contribution < 1.29 is 0 Å². The van der Waals surface area contributed by atoms with Gasteiger partial charge in [0.25, 0.3) is 0 Å². The molecule has 1 N–H and O–H groups in total. The maximum Gasteiger partial charge on any atom is 0.140 e. The average Bonchev–Trinajstić information content (AvgIpc) is 2.79. The van der Waals surface area contributed by atoms with Crippen molar-refractivity contribution in [1.82, 2.24) is 4.98 Å². The minimum Gasteiger partial charge on any atom is -0.366 e. The van der Waals surface area contributed by atoms with E-state index in [1.54, 1.807) is 0 Å². The number of hydrogen-bond acceptors (Lipinski definition) is 2. The molecular weight excluding hydrogens is 240 g/mol. The average molecular weight is 253 g/mol. The van der Waals surface area contributed by atoms with Crippen LogP contribution in [-0.2, 0) is 0 Å². The molecule has 0 spiro atoms. The van der Waals surface area contributed by atoms with Gasteiger partial charge in [-0.3, -0.25) is 0 Å². The van der Waals surface area contributed by atoms with Gasteiger partial charge in [-0.05, 0) is 59.2 Å². The number of pyridine rings is 1. The Hall–Kier alpha value is -0.570. The Morgan fingerprint density at radius 3 is 2.79 bits per heavy atom. The highest BCUT2D eigenvalue weighted by molar-refractivity contribution is 9.10. The van der Waals surface area contributed by atoms with Crippen molar-refractivity contribution in [1.29, 1.82) is 0 Å². The molecule has 2 aliphatic carbocycles. The van der Waals surface area contributed by atoms with Gasteiger partial charge in [-0.2, -0.15) is 0 Å². The number of anilines is 1. The summed E-state index contributed by atoms with van der Waals surface area (Å²) >= 11 is 3.50. The highest BCUT2D eigenvalue weighted by atomic mass is 79.9. The third kappa shape index (κ3) is 1.54. The van der Waals surface area contributed by atoms with Crippen LogP contribution in [0.3, 0.4) is 0 Å². The van der Waals surface area contributed by atoms with E-state index in [0.717, 1.165) is 22.1 Å². The van der Waals surface area contributed by atoms with Gasteiger partial charge in [0.05, 0.1) is 4.47 Å². The van der Waals surface area contributed by atoms with Gasteiger partial charge in [0.2, 0.25) is 0 Å². The molecule has 14 heavy (non-hydrogen) atoms. The second-order valence-corrected chi connectivity index (χ2v) is 5.26. The zero-order chi connectivity index (χ0) is 9.54. The van der Waals surface area contributed by atoms with Crippen molar-refractivity contribution >= 4 is 21.7 Å². The van der Waals surface area contributed by atoms with Crippen LogP contribution in [0, 0.1) is 11.8 Å². The van der Waals surface area contributed by atoms with Crippen LogP contribution in [0.15, 0.2) is 22.8 Å². The molecule has 2 fully saturated rings. The number of rotatable bonds is 2. The Balaban J connectivity index is 1.69. The molecule has 2 atom stereocenters. The lowest BCUT2D eigenvalue weighted by Gasteiger charge is -2.15. The van der Waals surface area contributed by atoms with E-state index < -0.39 is 0 Å². The summed E-state index contributed by atoms with van der Waals surface area (Å²) in [7, 11) is 0. The number of aromatic nitrogens is 1. The van der Waals surface area contributed by atoms with E-state index in [9.17, 15) is 0 Å². The largest absolute Gasteiger partial charge is 0.366 e. The minimum absolute atomic E-state index is 0.657. The van der Waals surface area contributed by atoms with Crippen molar-refractivity contribution in [3.05, 3.63) is 22.8 Å². The first-order valence-electron chi connectivity index (χ1n) is 5.20. The number of halogens is 1. The number of hydrogen-bond donors (Lipinski definition) is 1. The summed E-state index contributed by atoms with van der Waals surface area (Å²) in [6.45, 7) is 0. The van der Waals surface area contributed by atoms with Crippen LogP contribution in [0.5, 0.6) is 0 Å². The molecule has 0 radical (unpaired) electrons. The van der Waals surface area contributed by atoms with Crippen molar-refractivity contribution in [2.75, 3.05) is 5.32 Å². The van der Waals surface area contributed by atoms with Crippen LogP contribution in [0.1, 0.15) is 19.3 Å². The van der Waals surface area contributed by atoms with E-state index in [1.165, 1.54) is 19.3 Å². The predicted molar refractivity (Wildman–Crippen MR) is 60.2 cm³/mol. The monoisotopic (exact) mass is 252 g/mol. The number of nitrogens with one attached hydrogen (secondary N) is 1. The van der Waals surface area contributed by atoms with Gasteiger partial charge >= 0.3 is 0 Å². The highest BCUT2D eigenvalue weighted by Crippen LogP contribution is 2.52. The van der Waals surface area contributed by atoms with E-state index >= 15 is 0 Å². The van der Waals surface area contributed by atoms with Crippen molar-refractivity contribution in [2.24, 2.45) is 11.8 Å². The van der Waals surface area contributed by atoms with Crippen molar-refractivity contribution in [3.8, 4) is 0 Å². The molecule has 1 heterocycles. The Morgan fingerprint density at radius 2 is 2.07 bits per heavy atom. The molecule has 1 aromatic rings. The van der Waals surface area contributed by atoms with E-state index in [4.69, 9.17) is 0 Å². The zero-order valence-electron chi connectivity index (χ0n) is 7.91. The number of fused-ring (bicyclic) bond motifs is 1. The molecule has 3 rings (SSSR count). The molecule has 2 aliphatic rings. The Bertz CT molecular complexity index is 343. The highest BCUT2D eigenvalue weighted by Gasteiger charge is 2.45. The van der Waals surface area contributed by atoms with Crippen LogP contribution in [-0.4, -0.2) is 11.0 Å². The van der Waals surface area contributed by atoms with Gasteiger partial charge < -0.3 is 5.32 Å². The molecule has 2 nitrogen and oxygen atoms in total. The van der Waals surface area contributed by atoms with Crippen LogP contribution >= 0.6 is 15.9 Å². The molecular formula is C11H13BrN2. The van der Waals surface area contributed by atoms with Crippen molar-refractivity contribution in [2.45, 2.75) is 25.3 Å². The molecule has 74 valence electrons. The van der Waals surface area contributed by atoms with Gasteiger partial charge in [-0.1, -0.05) is 0 Å². The standard InChI is InChI=1S/C11H13BrN2/c12-10-2-1-3-13-11(10)14-9-5-7-4-8(7)6-9/h1-3,7-9H,4-6H2,(H,13,14). The first-order valence-corrected chi connectivity index (χ1v) is 5.99. The third-order valence-corrected chi connectivity index (χ3v) is 3.98. The summed E-state index contributed by atoms with van der Waals surface area (Å²) in [5, 5.41) is 3.51. The lowest BCUT2D eigenvalue weighted by Crippen LogP contribution is -2.17. The molecule has 2 unspecified atom stereocenters. The third-order valence-electron chi connectivity index (χ3n) is 3.34. The fourth-order valence-corrected chi connectivity index (χ4v) is 2.89. The van der Waals surface area contributed by atoms with Crippen LogP contribution in [0.4, 0.5) is 5.82 Å². The topological polar surface area (TPSA) is 24.9 Å². The maximum atomic E-state index is 4.32. The summed E-state index contributed by atoms with van der Waals surface area (Å²) in [5.41, 5.74) is 0.